The van der Waals surface area contributed by atoms with Gasteiger partial charge in [-0.3, -0.25) is 4.79 Å². The van der Waals surface area contributed by atoms with E-state index in [2.05, 4.69) is 54.9 Å². The van der Waals surface area contributed by atoms with Crippen LogP contribution in [0.15, 0.2) is 29.1 Å². The number of aromatic nitrogens is 2. The molecule has 3 heterocycles. The fraction of sp³-hybridized carbons (Fsp3) is 0.500. The summed E-state index contributed by atoms with van der Waals surface area (Å²) in [6, 6.07) is 8.82. The highest BCUT2D eigenvalue weighted by Gasteiger charge is 2.29. The molecule has 0 unspecified atom stereocenters. The van der Waals surface area contributed by atoms with Crippen molar-refractivity contribution in [1.82, 2.24) is 9.97 Å². The second-order valence-electron chi connectivity index (χ2n) is 9.14. The van der Waals surface area contributed by atoms with E-state index in [1.807, 2.05) is 0 Å². The van der Waals surface area contributed by atoms with E-state index in [4.69, 9.17) is 4.98 Å². The molecular weight excluding hydrogens is 392 g/mol. The molecule has 6 heteroatoms. The minimum Gasteiger partial charge on any atom is -0.360 e. The van der Waals surface area contributed by atoms with Gasteiger partial charge in [0, 0.05) is 10.6 Å². The number of benzene rings is 1. The predicted octanol–water partition coefficient (Wildman–Crippen LogP) is 2.88. The maximum absolute atomic E-state index is 13.0. The third-order valence-electron chi connectivity index (χ3n) is 7.07. The second-order valence-corrected chi connectivity index (χ2v) is 10.2. The normalized spacial score (nSPS) is 21.0. The van der Waals surface area contributed by atoms with Gasteiger partial charge in [0.15, 0.2) is 5.82 Å². The van der Waals surface area contributed by atoms with Crippen molar-refractivity contribution in [3.05, 3.63) is 56.4 Å². The molecule has 2 aromatic heterocycles. The third-order valence-corrected chi connectivity index (χ3v) is 8.22. The second kappa shape index (κ2) is 7.82. The van der Waals surface area contributed by atoms with Gasteiger partial charge in [0.05, 0.1) is 31.6 Å². The molecule has 0 saturated carbocycles. The van der Waals surface area contributed by atoms with Crippen molar-refractivity contribution in [2.75, 3.05) is 31.1 Å². The highest BCUT2D eigenvalue weighted by molar-refractivity contribution is 7.18. The van der Waals surface area contributed by atoms with Crippen molar-refractivity contribution in [3.8, 4) is 0 Å². The van der Waals surface area contributed by atoms with Crippen molar-refractivity contribution in [3.63, 3.8) is 0 Å². The maximum Gasteiger partial charge on any atom is 0.260 e. The number of piperazine rings is 1. The number of thiophene rings is 1. The molecule has 30 heavy (non-hydrogen) atoms. The van der Waals surface area contributed by atoms with E-state index in [-0.39, 0.29) is 11.6 Å². The summed E-state index contributed by atoms with van der Waals surface area (Å²) >= 11 is 1.75. The molecule has 2 aliphatic rings. The molecule has 1 fully saturated rings. The van der Waals surface area contributed by atoms with Crippen LogP contribution in [0, 0.1) is 12.8 Å². The van der Waals surface area contributed by atoms with Gasteiger partial charge in [-0.15, -0.1) is 11.3 Å². The molecular formula is C24H31N4OS+. The number of hydrogen-bond donors (Lipinski definition) is 2. The molecule has 5 nitrogen and oxygen atoms in total. The number of aromatic amines is 1. The number of anilines is 1. The number of nitrogens with zero attached hydrogens (tertiary/aromatic N) is 2. The Hall–Kier alpha value is -2.18. The van der Waals surface area contributed by atoms with Crippen molar-refractivity contribution in [2.24, 2.45) is 5.92 Å². The number of nitrogens with one attached hydrogen (secondary N) is 2. The van der Waals surface area contributed by atoms with Crippen LogP contribution < -0.4 is 15.4 Å². The molecule has 158 valence electrons. The largest absolute Gasteiger partial charge is 0.360 e. The van der Waals surface area contributed by atoms with E-state index < -0.39 is 0 Å². The van der Waals surface area contributed by atoms with Crippen LogP contribution in [0.25, 0.3) is 10.2 Å². The monoisotopic (exact) mass is 423 g/mol. The van der Waals surface area contributed by atoms with Gasteiger partial charge in [-0.2, -0.15) is 0 Å². The van der Waals surface area contributed by atoms with E-state index in [1.54, 1.807) is 11.3 Å². The standard InChI is InChI=1S/C24H30N4OS/c1-15-8-9-18-20(14-15)30-24-21(18)23(29)25-22(26-24)17(3)27-10-12-28(13-11-27)19-7-5-4-6-16(19)2/h4-7,15,17H,8-14H2,1-3H3,(H,25,26,29)/p+1/t15-,17+/m0/s1. The van der Waals surface area contributed by atoms with Gasteiger partial charge in [-0.05, 0) is 56.2 Å². The van der Waals surface area contributed by atoms with E-state index in [0.29, 0.717) is 5.92 Å². The highest BCUT2D eigenvalue weighted by Crippen LogP contribution is 2.35. The molecule has 0 spiro atoms. The van der Waals surface area contributed by atoms with E-state index in [1.165, 1.54) is 33.0 Å². The summed E-state index contributed by atoms with van der Waals surface area (Å²) in [6.07, 6.45) is 3.28. The van der Waals surface area contributed by atoms with Crippen LogP contribution in [-0.2, 0) is 12.8 Å². The van der Waals surface area contributed by atoms with Crippen LogP contribution in [0.4, 0.5) is 5.69 Å². The minimum absolute atomic E-state index is 0.0619. The van der Waals surface area contributed by atoms with E-state index in [9.17, 15) is 4.79 Å². The van der Waals surface area contributed by atoms with E-state index in [0.717, 1.165) is 55.1 Å². The lowest BCUT2D eigenvalue weighted by atomic mass is 9.89. The minimum atomic E-state index is 0.0619. The molecule has 0 radical (unpaired) electrons. The molecule has 5 rings (SSSR count). The first-order valence-electron chi connectivity index (χ1n) is 11.2. The Bertz CT molecular complexity index is 1130. The summed E-state index contributed by atoms with van der Waals surface area (Å²) in [6.45, 7) is 10.9. The fourth-order valence-corrected chi connectivity index (χ4v) is 6.54. The Balaban J connectivity index is 1.36. The molecule has 1 aliphatic carbocycles. The first-order chi connectivity index (χ1) is 14.5. The van der Waals surface area contributed by atoms with Crippen molar-refractivity contribution in [1.29, 1.82) is 0 Å². The molecule has 0 bridgehead atoms. The Morgan fingerprint density at radius 1 is 1.27 bits per heavy atom. The molecule has 1 saturated heterocycles. The summed E-state index contributed by atoms with van der Waals surface area (Å²) in [4.78, 5) is 27.4. The summed E-state index contributed by atoms with van der Waals surface area (Å²) in [7, 11) is 0. The van der Waals surface area contributed by atoms with Crippen molar-refractivity contribution in [2.45, 2.75) is 46.1 Å². The number of para-hydroxylation sites is 1. The van der Waals surface area contributed by atoms with Gasteiger partial charge in [-0.25, -0.2) is 4.98 Å². The summed E-state index contributed by atoms with van der Waals surface area (Å²) < 4.78 is 0. The quantitative estimate of drug-likeness (QED) is 0.681. The van der Waals surface area contributed by atoms with Crippen molar-refractivity contribution >= 4 is 27.2 Å². The lowest BCUT2D eigenvalue weighted by Gasteiger charge is -2.36. The number of H-pyrrole nitrogens is 1. The van der Waals surface area contributed by atoms with Gasteiger partial charge in [0.25, 0.3) is 5.56 Å². The SMILES string of the molecule is Cc1ccccc1N1CC[NH+]([C@H](C)c2nc3sc4c(c3c(=O)[nH]2)CC[C@H](C)C4)CC1. The number of quaternary nitrogens is 1. The Morgan fingerprint density at radius 3 is 2.80 bits per heavy atom. The Morgan fingerprint density at radius 2 is 2.03 bits per heavy atom. The number of rotatable bonds is 3. The summed E-state index contributed by atoms with van der Waals surface area (Å²) in [5, 5.41) is 0.859. The Kier molecular flexibility index (Phi) is 5.15. The predicted molar refractivity (Wildman–Crippen MR) is 124 cm³/mol. The molecule has 3 aromatic rings. The summed E-state index contributed by atoms with van der Waals surface area (Å²) in [5.74, 6) is 1.55. The Labute approximate surface area is 181 Å². The smallest absolute Gasteiger partial charge is 0.260 e. The van der Waals surface area contributed by atoms with Crippen LogP contribution in [0.5, 0.6) is 0 Å². The zero-order valence-corrected chi connectivity index (χ0v) is 18.9. The van der Waals surface area contributed by atoms with Crippen molar-refractivity contribution < 1.29 is 4.90 Å². The van der Waals surface area contributed by atoms with Crippen LogP contribution in [-0.4, -0.2) is 36.1 Å². The van der Waals surface area contributed by atoms with Crippen LogP contribution in [0.2, 0.25) is 0 Å². The lowest BCUT2D eigenvalue weighted by molar-refractivity contribution is -0.930. The molecule has 2 atom stereocenters. The van der Waals surface area contributed by atoms with Gasteiger partial charge < -0.3 is 14.8 Å². The number of fused-ring (bicyclic) bond motifs is 3. The average Bonchev–Trinajstić information content (AvgIpc) is 3.11. The van der Waals surface area contributed by atoms with E-state index >= 15 is 0 Å². The molecule has 1 aliphatic heterocycles. The number of aryl methyl sites for hydroxylation is 2. The van der Waals surface area contributed by atoms with Crippen LogP contribution in [0.1, 0.15) is 48.1 Å². The topological polar surface area (TPSA) is 53.4 Å². The lowest BCUT2D eigenvalue weighted by Crippen LogP contribution is -3.14. The van der Waals surface area contributed by atoms with Gasteiger partial charge >= 0.3 is 0 Å². The van der Waals surface area contributed by atoms with Crippen LogP contribution >= 0.6 is 11.3 Å². The zero-order chi connectivity index (χ0) is 20.8. The fourth-order valence-electron chi connectivity index (χ4n) is 5.15. The molecule has 1 aromatic carbocycles. The van der Waals surface area contributed by atoms with Gasteiger partial charge in [0.1, 0.15) is 10.9 Å². The maximum atomic E-state index is 13.0. The third kappa shape index (κ3) is 3.46. The molecule has 2 N–H and O–H groups in total. The zero-order valence-electron chi connectivity index (χ0n) is 18.1. The van der Waals surface area contributed by atoms with Crippen LogP contribution in [0.3, 0.4) is 0 Å². The number of hydrogen-bond acceptors (Lipinski definition) is 4. The first kappa shape index (κ1) is 19.8. The first-order valence-corrected chi connectivity index (χ1v) is 12.0. The van der Waals surface area contributed by atoms with Gasteiger partial charge in [-0.1, -0.05) is 25.1 Å². The molecule has 0 amide bonds. The van der Waals surface area contributed by atoms with Gasteiger partial charge in [0.2, 0.25) is 0 Å². The average molecular weight is 424 g/mol. The highest BCUT2D eigenvalue weighted by atomic mass is 32.1. The summed E-state index contributed by atoms with van der Waals surface area (Å²) in [5.41, 5.74) is 4.00.